The van der Waals surface area contributed by atoms with E-state index in [0.29, 0.717) is 0 Å². The monoisotopic (exact) mass is 284 g/mol. The Balaban J connectivity index is 1.81. The number of hydrogen-bond acceptors (Lipinski definition) is 5. The third-order valence-corrected chi connectivity index (χ3v) is 4.14. The molecule has 4 nitrogen and oxygen atoms in total. The molecule has 0 aliphatic heterocycles. The lowest BCUT2D eigenvalue weighted by molar-refractivity contribution is 0.322. The van der Waals surface area contributed by atoms with Crippen LogP contribution in [0.5, 0.6) is 0 Å². The van der Waals surface area contributed by atoms with Crippen LogP contribution in [0.3, 0.4) is 0 Å². The summed E-state index contributed by atoms with van der Waals surface area (Å²) >= 11 is 1.48. The van der Waals surface area contributed by atoms with Gasteiger partial charge in [0.2, 0.25) is 0 Å². The first-order chi connectivity index (χ1) is 9.74. The molecule has 1 aromatic carbocycles. The van der Waals surface area contributed by atoms with Gasteiger partial charge in [0.05, 0.1) is 16.1 Å². The number of hydrogen-bond donors (Lipinski definition) is 0. The molecule has 2 aromatic heterocycles. The molecule has 0 aliphatic carbocycles. The Morgan fingerprint density at radius 1 is 1.15 bits per heavy atom. The molecule has 5 heteroatoms. The Morgan fingerprint density at radius 2 is 2.05 bits per heavy atom. The maximum absolute atomic E-state index is 4.40. The van der Waals surface area contributed by atoms with Gasteiger partial charge in [0.1, 0.15) is 0 Å². The average molecular weight is 284 g/mol. The normalized spacial score (nSPS) is 11.3. The fourth-order valence-electron chi connectivity index (χ4n) is 2.29. The number of rotatable bonds is 4. The molecular weight excluding hydrogens is 268 g/mol. The van der Waals surface area contributed by atoms with E-state index in [1.807, 2.05) is 19.2 Å². The van der Waals surface area contributed by atoms with Crippen molar-refractivity contribution in [2.75, 3.05) is 7.05 Å². The van der Waals surface area contributed by atoms with Crippen LogP contribution in [0, 0.1) is 6.92 Å². The van der Waals surface area contributed by atoms with Crippen molar-refractivity contribution in [3.8, 4) is 0 Å². The highest BCUT2D eigenvalue weighted by molar-refractivity contribution is 7.05. The van der Waals surface area contributed by atoms with Gasteiger partial charge in [0.25, 0.3) is 0 Å². The Hall–Kier alpha value is -1.85. The minimum Gasteiger partial charge on any atom is -0.297 e. The molecule has 0 unspecified atom stereocenters. The van der Waals surface area contributed by atoms with Crippen molar-refractivity contribution in [3.05, 3.63) is 52.7 Å². The van der Waals surface area contributed by atoms with Gasteiger partial charge in [-0.1, -0.05) is 22.7 Å². The quantitative estimate of drug-likeness (QED) is 0.738. The fraction of sp³-hybridized carbons (Fsp3) is 0.267. The third-order valence-electron chi connectivity index (χ3n) is 3.34. The highest BCUT2D eigenvalue weighted by Gasteiger charge is 2.09. The molecule has 0 N–H and O–H groups in total. The first-order valence-electron chi connectivity index (χ1n) is 6.53. The summed E-state index contributed by atoms with van der Waals surface area (Å²) in [5, 5.41) is 5.28. The van der Waals surface area contributed by atoms with Gasteiger partial charge in [-0.05, 0) is 43.2 Å². The minimum absolute atomic E-state index is 0.875. The second kappa shape index (κ2) is 5.64. The first kappa shape index (κ1) is 13.1. The van der Waals surface area contributed by atoms with Crippen LogP contribution in [0.1, 0.15) is 16.1 Å². The second-order valence-corrected chi connectivity index (χ2v) is 5.78. The standard InChI is InChI=1S/C15H16N4S/c1-11-15(20-18-17-11)10-19(2)9-12-5-3-7-14-13(12)6-4-8-16-14/h3-8H,9-10H2,1-2H3. The van der Waals surface area contributed by atoms with Crippen molar-refractivity contribution in [1.82, 2.24) is 19.5 Å². The summed E-state index contributed by atoms with van der Waals surface area (Å²) in [5.74, 6) is 0. The Bertz CT molecular complexity index is 717. The van der Waals surface area contributed by atoms with Crippen molar-refractivity contribution in [2.45, 2.75) is 20.0 Å². The molecule has 0 fully saturated rings. The van der Waals surface area contributed by atoms with Crippen molar-refractivity contribution >= 4 is 22.4 Å². The van der Waals surface area contributed by atoms with Gasteiger partial charge >= 0.3 is 0 Å². The molecule has 0 radical (unpaired) electrons. The molecule has 0 spiro atoms. The van der Waals surface area contributed by atoms with Crippen LogP contribution in [0.4, 0.5) is 0 Å². The van der Waals surface area contributed by atoms with Gasteiger partial charge in [-0.3, -0.25) is 9.88 Å². The lowest BCUT2D eigenvalue weighted by Gasteiger charge is -2.17. The predicted octanol–water partition coefficient (Wildman–Crippen LogP) is 3.03. The number of aryl methyl sites for hydroxylation is 1. The average Bonchev–Trinajstić information content (AvgIpc) is 2.85. The van der Waals surface area contributed by atoms with Gasteiger partial charge < -0.3 is 0 Å². The topological polar surface area (TPSA) is 41.9 Å². The molecule has 0 bridgehead atoms. The Kier molecular flexibility index (Phi) is 3.71. The van der Waals surface area contributed by atoms with Gasteiger partial charge in [-0.2, -0.15) is 0 Å². The number of nitrogens with zero attached hydrogens (tertiary/aromatic N) is 4. The summed E-state index contributed by atoms with van der Waals surface area (Å²) in [4.78, 5) is 7.91. The minimum atomic E-state index is 0.875. The second-order valence-electron chi connectivity index (χ2n) is 4.94. The summed E-state index contributed by atoms with van der Waals surface area (Å²) in [7, 11) is 2.12. The third kappa shape index (κ3) is 2.69. The van der Waals surface area contributed by atoms with Crippen molar-refractivity contribution in [2.24, 2.45) is 0 Å². The lowest BCUT2D eigenvalue weighted by Crippen LogP contribution is -2.17. The molecule has 0 aliphatic rings. The van der Waals surface area contributed by atoms with E-state index in [0.717, 1.165) is 24.3 Å². The maximum Gasteiger partial charge on any atom is 0.0769 e. The molecule has 20 heavy (non-hydrogen) atoms. The molecule has 0 saturated heterocycles. The molecule has 3 rings (SSSR count). The zero-order chi connectivity index (χ0) is 13.9. The van der Waals surface area contributed by atoms with Crippen molar-refractivity contribution < 1.29 is 0 Å². The van der Waals surface area contributed by atoms with E-state index in [1.165, 1.54) is 27.4 Å². The van der Waals surface area contributed by atoms with Crippen molar-refractivity contribution in [1.29, 1.82) is 0 Å². The molecule has 3 aromatic rings. The summed E-state index contributed by atoms with van der Waals surface area (Å²) < 4.78 is 3.99. The first-order valence-corrected chi connectivity index (χ1v) is 7.30. The van der Waals surface area contributed by atoms with E-state index in [9.17, 15) is 0 Å². The number of aromatic nitrogens is 3. The molecule has 2 heterocycles. The van der Waals surface area contributed by atoms with Crippen LogP contribution in [-0.2, 0) is 13.1 Å². The van der Waals surface area contributed by atoms with Crippen LogP contribution >= 0.6 is 11.5 Å². The lowest BCUT2D eigenvalue weighted by atomic mass is 10.1. The zero-order valence-electron chi connectivity index (χ0n) is 11.6. The number of benzene rings is 1. The summed E-state index contributed by atoms with van der Waals surface area (Å²) in [5.41, 5.74) is 3.38. The van der Waals surface area contributed by atoms with Crippen LogP contribution in [-0.4, -0.2) is 26.5 Å². The smallest absolute Gasteiger partial charge is 0.0769 e. The molecular formula is C15H16N4S. The highest BCUT2D eigenvalue weighted by Crippen LogP contribution is 2.19. The number of fused-ring (bicyclic) bond motifs is 1. The fourth-order valence-corrected chi connectivity index (χ4v) is 3.01. The molecule has 0 amide bonds. The van der Waals surface area contributed by atoms with E-state index in [4.69, 9.17) is 0 Å². The van der Waals surface area contributed by atoms with E-state index in [1.54, 1.807) is 0 Å². The highest BCUT2D eigenvalue weighted by atomic mass is 32.1. The molecule has 102 valence electrons. The SMILES string of the molecule is Cc1nnsc1CN(C)Cc1cccc2ncccc12. The van der Waals surface area contributed by atoms with Gasteiger partial charge in [-0.25, -0.2) is 0 Å². The van der Waals surface area contributed by atoms with Crippen LogP contribution < -0.4 is 0 Å². The molecule has 0 atom stereocenters. The van der Waals surface area contributed by atoms with Crippen LogP contribution in [0.2, 0.25) is 0 Å². The summed E-state index contributed by atoms with van der Waals surface area (Å²) in [6, 6.07) is 10.4. The summed E-state index contributed by atoms with van der Waals surface area (Å²) in [6.45, 7) is 3.77. The summed E-state index contributed by atoms with van der Waals surface area (Å²) in [6.07, 6.45) is 1.84. The molecule has 0 saturated carbocycles. The Morgan fingerprint density at radius 3 is 2.85 bits per heavy atom. The van der Waals surface area contributed by atoms with E-state index in [-0.39, 0.29) is 0 Å². The largest absolute Gasteiger partial charge is 0.297 e. The predicted molar refractivity (Wildman–Crippen MR) is 81.6 cm³/mol. The van der Waals surface area contributed by atoms with Gasteiger partial charge in [0.15, 0.2) is 0 Å². The number of pyridine rings is 1. The maximum atomic E-state index is 4.40. The van der Waals surface area contributed by atoms with E-state index >= 15 is 0 Å². The van der Waals surface area contributed by atoms with Crippen molar-refractivity contribution in [3.63, 3.8) is 0 Å². The zero-order valence-corrected chi connectivity index (χ0v) is 12.4. The van der Waals surface area contributed by atoms with Gasteiger partial charge in [-0.15, -0.1) is 5.10 Å². The van der Waals surface area contributed by atoms with Crippen LogP contribution in [0.25, 0.3) is 10.9 Å². The van der Waals surface area contributed by atoms with E-state index in [2.05, 4.69) is 50.8 Å². The van der Waals surface area contributed by atoms with Gasteiger partial charge in [0, 0.05) is 24.7 Å². The van der Waals surface area contributed by atoms with E-state index < -0.39 is 0 Å². The van der Waals surface area contributed by atoms with Crippen LogP contribution in [0.15, 0.2) is 36.5 Å². The Labute approximate surface area is 122 Å².